The van der Waals surface area contributed by atoms with Gasteiger partial charge in [-0.2, -0.15) is 0 Å². The smallest absolute Gasteiger partial charge is 0.141 e. The van der Waals surface area contributed by atoms with Crippen molar-refractivity contribution in [1.29, 1.82) is 0 Å². The lowest BCUT2D eigenvalue weighted by Gasteiger charge is -2.04. The summed E-state index contributed by atoms with van der Waals surface area (Å²) < 4.78 is 12.7. The highest BCUT2D eigenvalue weighted by Crippen LogP contribution is 2.26. The summed E-state index contributed by atoms with van der Waals surface area (Å²) in [4.78, 5) is 1.01. The van der Waals surface area contributed by atoms with Gasteiger partial charge in [-0.15, -0.1) is 11.8 Å². The Labute approximate surface area is 81.1 Å². The Morgan fingerprint density at radius 1 is 1.42 bits per heavy atom. The van der Waals surface area contributed by atoms with Gasteiger partial charge in [-0.25, -0.2) is 4.39 Å². The predicted molar refractivity (Wildman–Crippen MR) is 52.4 cm³/mol. The van der Waals surface area contributed by atoms with Crippen molar-refractivity contribution in [2.24, 2.45) is 0 Å². The maximum absolute atomic E-state index is 12.7. The zero-order chi connectivity index (χ0) is 9.14. The lowest BCUT2D eigenvalue weighted by atomic mass is 10.3. The molecule has 0 amide bonds. The molecule has 12 heavy (non-hydrogen) atoms. The van der Waals surface area contributed by atoms with Crippen LogP contribution in [0.2, 0.25) is 5.02 Å². The van der Waals surface area contributed by atoms with E-state index in [1.54, 1.807) is 23.9 Å². The Morgan fingerprint density at radius 2 is 2.08 bits per heavy atom. The number of hydrogen-bond acceptors (Lipinski definition) is 1. The van der Waals surface area contributed by atoms with E-state index in [1.165, 1.54) is 6.07 Å². The van der Waals surface area contributed by atoms with E-state index >= 15 is 0 Å². The Hall–Kier alpha value is -0.210. The number of rotatable bonds is 2. The first-order valence-corrected chi connectivity index (χ1v) is 4.97. The molecule has 0 heterocycles. The van der Waals surface area contributed by atoms with Crippen molar-refractivity contribution >= 4 is 23.4 Å². The summed E-state index contributed by atoms with van der Waals surface area (Å²) >= 11 is 7.28. The molecule has 0 saturated heterocycles. The van der Waals surface area contributed by atoms with Gasteiger partial charge in [-0.05, 0) is 18.2 Å². The zero-order valence-electron chi connectivity index (χ0n) is 6.97. The standard InChI is InChI=1S/C9H10ClFS/c1-6(2)12-7-3-4-9(11)8(10)5-7/h3-6H,1-2H3. The van der Waals surface area contributed by atoms with Crippen molar-refractivity contribution in [1.82, 2.24) is 0 Å². The normalized spacial score (nSPS) is 10.8. The second-order valence-electron chi connectivity index (χ2n) is 2.74. The lowest BCUT2D eigenvalue weighted by molar-refractivity contribution is 0.627. The first kappa shape index (κ1) is 9.87. The van der Waals surface area contributed by atoms with Gasteiger partial charge in [-0.1, -0.05) is 25.4 Å². The fraction of sp³-hybridized carbons (Fsp3) is 0.333. The molecule has 0 aliphatic rings. The molecule has 0 nitrogen and oxygen atoms in total. The van der Waals surface area contributed by atoms with E-state index in [0.717, 1.165) is 4.90 Å². The summed E-state index contributed by atoms with van der Waals surface area (Å²) in [5.41, 5.74) is 0. The quantitative estimate of drug-likeness (QED) is 0.657. The van der Waals surface area contributed by atoms with Gasteiger partial charge < -0.3 is 0 Å². The number of hydrogen-bond donors (Lipinski definition) is 0. The summed E-state index contributed by atoms with van der Waals surface area (Å²) in [5, 5.41) is 0.687. The molecule has 66 valence electrons. The predicted octanol–water partition coefficient (Wildman–Crippen LogP) is 3.98. The van der Waals surface area contributed by atoms with Crippen LogP contribution in [-0.4, -0.2) is 5.25 Å². The van der Waals surface area contributed by atoms with Crippen LogP contribution < -0.4 is 0 Å². The van der Waals surface area contributed by atoms with E-state index in [0.29, 0.717) is 5.25 Å². The van der Waals surface area contributed by atoms with Gasteiger partial charge in [0.2, 0.25) is 0 Å². The molecule has 0 aliphatic heterocycles. The molecule has 3 heteroatoms. The molecule has 0 bridgehead atoms. The summed E-state index contributed by atoms with van der Waals surface area (Å²) in [7, 11) is 0. The molecule has 1 aromatic rings. The Bertz CT molecular complexity index is 273. The van der Waals surface area contributed by atoms with E-state index in [-0.39, 0.29) is 10.8 Å². The van der Waals surface area contributed by atoms with E-state index in [2.05, 4.69) is 13.8 Å². The third-order valence-electron chi connectivity index (χ3n) is 1.26. The van der Waals surface area contributed by atoms with Gasteiger partial charge >= 0.3 is 0 Å². The summed E-state index contributed by atoms with van der Waals surface area (Å²) in [6.07, 6.45) is 0. The molecule has 0 spiro atoms. The third kappa shape index (κ3) is 2.68. The Balaban J connectivity index is 2.82. The molecule has 0 atom stereocenters. The molecular formula is C9H10ClFS. The van der Waals surface area contributed by atoms with Crippen LogP contribution in [0.15, 0.2) is 23.1 Å². The van der Waals surface area contributed by atoms with Gasteiger partial charge in [0.15, 0.2) is 0 Å². The van der Waals surface area contributed by atoms with Crippen molar-refractivity contribution in [3.05, 3.63) is 29.0 Å². The van der Waals surface area contributed by atoms with Gasteiger partial charge in [0.25, 0.3) is 0 Å². The van der Waals surface area contributed by atoms with Crippen molar-refractivity contribution in [3.8, 4) is 0 Å². The number of thioether (sulfide) groups is 1. The average Bonchev–Trinajstić information content (AvgIpc) is 1.96. The number of benzene rings is 1. The molecule has 1 aromatic carbocycles. The van der Waals surface area contributed by atoms with Crippen LogP contribution in [0.4, 0.5) is 4.39 Å². The minimum absolute atomic E-state index is 0.195. The highest BCUT2D eigenvalue weighted by molar-refractivity contribution is 7.99. The Kier molecular flexibility index (Phi) is 3.41. The van der Waals surface area contributed by atoms with Crippen LogP contribution in [0.25, 0.3) is 0 Å². The second-order valence-corrected chi connectivity index (χ2v) is 4.80. The molecule has 0 saturated carbocycles. The van der Waals surface area contributed by atoms with E-state index in [9.17, 15) is 4.39 Å². The lowest BCUT2D eigenvalue weighted by Crippen LogP contribution is -1.86. The molecule has 0 radical (unpaired) electrons. The molecular weight excluding hydrogens is 195 g/mol. The maximum Gasteiger partial charge on any atom is 0.141 e. The highest BCUT2D eigenvalue weighted by atomic mass is 35.5. The first-order valence-electron chi connectivity index (χ1n) is 3.71. The van der Waals surface area contributed by atoms with Crippen LogP contribution in [0, 0.1) is 5.82 Å². The second kappa shape index (κ2) is 4.15. The number of halogens is 2. The average molecular weight is 205 g/mol. The van der Waals surface area contributed by atoms with Crippen LogP contribution >= 0.6 is 23.4 Å². The van der Waals surface area contributed by atoms with Crippen LogP contribution in [0.5, 0.6) is 0 Å². The molecule has 0 fully saturated rings. The minimum atomic E-state index is -0.357. The summed E-state index contributed by atoms with van der Waals surface area (Å²) in [5.74, 6) is -0.357. The highest BCUT2D eigenvalue weighted by Gasteiger charge is 2.02. The van der Waals surface area contributed by atoms with Gasteiger partial charge in [0, 0.05) is 10.1 Å². The van der Waals surface area contributed by atoms with Crippen molar-refractivity contribution in [2.45, 2.75) is 24.0 Å². The van der Waals surface area contributed by atoms with Crippen LogP contribution in [0.1, 0.15) is 13.8 Å². The first-order chi connectivity index (χ1) is 5.59. The fourth-order valence-electron chi connectivity index (χ4n) is 0.822. The molecule has 1 rings (SSSR count). The summed E-state index contributed by atoms with van der Waals surface area (Å²) in [6.45, 7) is 4.17. The van der Waals surface area contributed by atoms with Crippen LogP contribution in [0.3, 0.4) is 0 Å². The zero-order valence-corrected chi connectivity index (χ0v) is 8.55. The molecule has 0 aromatic heterocycles. The maximum atomic E-state index is 12.7. The molecule has 0 N–H and O–H groups in total. The van der Waals surface area contributed by atoms with Crippen molar-refractivity contribution in [3.63, 3.8) is 0 Å². The third-order valence-corrected chi connectivity index (χ3v) is 2.55. The minimum Gasteiger partial charge on any atom is -0.205 e. The topological polar surface area (TPSA) is 0 Å². The Morgan fingerprint density at radius 3 is 2.58 bits per heavy atom. The van der Waals surface area contributed by atoms with Gasteiger partial charge in [-0.3, -0.25) is 0 Å². The fourth-order valence-corrected chi connectivity index (χ4v) is 1.94. The van der Waals surface area contributed by atoms with Gasteiger partial charge in [0.1, 0.15) is 5.82 Å². The summed E-state index contributed by atoms with van der Waals surface area (Å²) in [6, 6.07) is 4.79. The SMILES string of the molecule is CC(C)Sc1ccc(F)c(Cl)c1. The van der Waals surface area contributed by atoms with E-state index in [4.69, 9.17) is 11.6 Å². The van der Waals surface area contributed by atoms with Crippen LogP contribution in [-0.2, 0) is 0 Å². The van der Waals surface area contributed by atoms with E-state index in [1.807, 2.05) is 0 Å². The van der Waals surface area contributed by atoms with Crippen molar-refractivity contribution in [2.75, 3.05) is 0 Å². The molecule has 0 unspecified atom stereocenters. The van der Waals surface area contributed by atoms with Crippen molar-refractivity contribution < 1.29 is 4.39 Å². The largest absolute Gasteiger partial charge is 0.205 e. The monoisotopic (exact) mass is 204 g/mol. The molecule has 0 aliphatic carbocycles. The van der Waals surface area contributed by atoms with Gasteiger partial charge in [0.05, 0.1) is 5.02 Å². The van der Waals surface area contributed by atoms with E-state index < -0.39 is 0 Å².